The first-order chi connectivity index (χ1) is 8.36. The van der Waals surface area contributed by atoms with Gasteiger partial charge in [0, 0.05) is 10.0 Å². The number of halogens is 5. The lowest BCUT2D eigenvalue weighted by atomic mass is 10.0. The average molecular weight is 291 g/mol. The summed E-state index contributed by atoms with van der Waals surface area (Å²) >= 11 is 11.6. The zero-order valence-corrected chi connectivity index (χ0v) is 10.4. The molecule has 0 aliphatic heterocycles. The summed E-state index contributed by atoms with van der Waals surface area (Å²) in [6.45, 7) is 0. The molecule has 0 aromatic heterocycles. The van der Waals surface area contributed by atoms with Gasteiger partial charge in [0.15, 0.2) is 0 Å². The largest absolute Gasteiger partial charge is 0.416 e. The molecule has 0 amide bonds. The van der Waals surface area contributed by atoms with Gasteiger partial charge in [0.05, 0.1) is 5.56 Å². The van der Waals surface area contributed by atoms with Crippen LogP contribution in [0, 0.1) is 0 Å². The molecule has 0 spiro atoms. The van der Waals surface area contributed by atoms with Crippen molar-refractivity contribution in [2.24, 2.45) is 0 Å². The fourth-order valence-electron chi connectivity index (χ4n) is 1.60. The normalized spacial score (nSPS) is 11.6. The monoisotopic (exact) mass is 290 g/mol. The third kappa shape index (κ3) is 2.98. The SMILES string of the molecule is FC(F)(F)c1cccc(-c2cc(Cl)cc(Cl)c2)c1. The van der Waals surface area contributed by atoms with E-state index in [-0.39, 0.29) is 0 Å². The van der Waals surface area contributed by atoms with Crippen molar-refractivity contribution in [1.29, 1.82) is 0 Å². The van der Waals surface area contributed by atoms with Gasteiger partial charge in [-0.1, -0.05) is 35.3 Å². The van der Waals surface area contributed by atoms with Gasteiger partial charge in [0.25, 0.3) is 0 Å². The molecule has 0 unspecified atom stereocenters. The second-order valence-electron chi connectivity index (χ2n) is 3.74. The van der Waals surface area contributed by atoms with Gasteiger partial charge in [-0.2, -0.15) is 13.2 Å². The fraction of sp³-hybridized carbons (Fsp3) is 0.0769. The summed E-state index contributed by atoms with van der Waals surface area (Å²) in [5, 5.41) is 0.768. The van der Waals surface area contributed by atoms with Gasteiger partial charge >= 0.3 is 6.18 Å². The molecular formula is C13H7Cl2F3. The maximum atomic E-state index is 12.6. The van der Waals surface area contributed by atoms with E-state index in [4.69, 9.17) is 23.2 Å². The molecule has 0 aliphatic rings. The van der Waals surface area contributed by atoms with Gasteiger partial charge < -0.3 is 0 Å². The van der Waals surface area contributed by atoms with Crippen LogP contribution in [-0.2, 0) is 6.18 Å². The maximum absolute atomic E-state index is 12.6. The van der Waals surface area contributed by atoms with E-state index in [1.807, 2.05) is 0 Å². The first-order valence-electron chi connectivity index (χ1n) is 5.00. The smallest absolute Gasteiger partial charge is 0.166 e. The predicted octanol–water partition coefficient (Wildman–Crippen LogP) is 5.68. The van der Waals surface area contributed by atoms with Crippen LogP contribution >= 0.6 is 23.2 Å². The summed E-state index contributed by atoms with van der Waals surface area (Å²) in [6, 6.07) is 9.70. The fourth-order valence-corrected chi connectivity index (χ4v) is 2.12. The highest BCUT2D eigenvalue weighted by atomic mass is 35.5. The van der Waals surface area contributed by atoms with Gasteiger partial charge in [-0.05, 0) is 41.5 Å². The van der Waals surface area contributed by atoms with Crippen LogP contribution in [0.15, 0.2) is 42.5 Å². The number of rotatable bonds is 1. The van der Waals surface area contributed by atoms with Crippen LogP contribution in [0.2, 0.25) is 10.0 Å². The molecule has 0 atom stereocenters. The van der Waals surface area contributed by atoms with Gasteiger partial charge in [0.2, 0.25) is 0 Å². The van der Waals surface area contributed by atoms with E-state index >= 15 is 0 Å². The summed E-state index contributed by atoms with van der Waals surface area (Å²) in [6.07, 6.45) is -4.36. The van der Waals surface area contributed by atoms with Crippen LogP contribution in [-0.4, -0.2) is 0 Å². The first kappa shape index (κ1) is 13.2. The van der Waals surface area contributed by atoms with Crippen molar-refractivity contribution in [1.82, 2.24) is 0 Å². The Bertz CT molecular complexity index is 556. The summed E-state index contributed by atoms with van der Waals surface area (Å²) in [7, 11) is 0. The number of benzene rings is 2. The van der Waals surface area contributed by atoms with E-state index in [2.05, 4.69) is 0 Å². The van der Waals surface area contributed by atoms with Crippen LogP contribution < -0.4 is 0 Å². The molecular weight excluding hydrogens is 284 g/mol. The van der Waals surface area contributed by atoms with Crippen molar-refractivity contribution in [2.45, 2.75) is 6.18 Å². The lowest BCUT2D eigenvalue weighted by molar-refractivity contribution is -0.137. The minimum Gasteiger partial charge on any atom is -0.166 e. The van der Waals surface area contributed by atoms with Gasteiger partial charge in [-0.3, -0.25) is 0 Å². The molecule has 0 saturated carbocycles. The molecule has 0 N–H and O–H groups in total. The Morgan fingerprint density at radius 3 is 1.94 bits per heavy atom. The van der Waals surface area contributed by atoms with Crippen LogP contribution in [0.5, 0.6) is 0 Å². The highest BCUT2D eigenvalue weighted by molar-refractivity contribution is 6.35. The first-order valence-corrected chi connectivity index (χ1v) is 5.75. The summed E-state index contributed by atoms with van der Waals surface area (Å²) in [4.78, 5) is 0. The van der Waals surface area contributed by atoms with Crippen LogP contribution in [0.25, 0.3) is 11.1 Å². The molecule has 2 aromatic rings. The molecule has 0 fully saturated rings. The van der Waals surface area contributed by atoms with E-state index in [1.165, 1.54) is 12.1 Å². The summed E-state index contributed by atoms with van der Waals surface area (Å²) < 4.78 is 37.8. The zero-order chi connectivity index (χ0) is 13.3. The number of alkyl halides is 3. The van der Waals surface area contributed by atoms with Crippen LogP contribution in [0.1, 0.15) is 5.56 Å². The molecule has 0 nitrogen and oxygen atoms in total. The standard InChI is InChI=1S/C13H7Cl2F3/c14-11-5-9(6-12(15)7-11)8-2-1-3-10(4-8)13(16,17)18/h1-7H. The van der Waals surface area contributed by atoms with Crippen LogP contribution in [0.3, 0.4) is 0 Å². The maximum Gasteiger partial charge on any atom is 0.416 e. The Morgan fingerprint density at radius 1 is 0.778 bits per heavy atom. The summed E-state index contributed by atoms with van der Waals surface area (Å²) in [5.41, 5.74) is 0.281. The highest BCUT2D eigenvalue weighted by Crippen LogP contribution is 2.33. The molecule has 0 heterocycles. The Labute approximate surface area is 112 Å². The van der Waals surface area contributed by atoms with Crippen molar-refractivity contribution in [2.75, 3.05) is 0 Å². The van der Waals surface area contributed by atoms with Crippen molar-refractivity contribution >= 4 is 23.2 Å². The third-order valence-electron chi connectivity index (χ3n) is 2.39. The summed E-state index contributed by atoms with van der Waals surface area (Å²) in [5.74, 6) is 0. The van der Waals surface area contributed by atoms with E-state index < -0.39 is 11.7 Å². The Hall–Kier alpha value is -1.19. The Kier molecular flexibility index (Phi) is 3.55. The van der Waals surface area contributed by atoms with E-state index in [9.17, 15) is 13.2 Å². The average Bonchev–Trinajstić information content (AvgIpc) is 2.27. The van der Waals surface area contributed by atoms with Gasteiger partial charge in [-0.25, -0.2) is 0 Å². The van der Waals surface area contributed by atoms with Gasteiger partial charge in [-0.15, -0.1) is 0 Å². The third-order valence-corrected chi connectivity index (χ3v) is 2.82. The van der Waals surface area contributed by atoms with Gasteiger partial charge in [0.1, 0.15) is 0 Å². The molecule has 18 heavy (non-hydrogen) atoms. The minimum absolute atomic E-state index is 0.384. The van der Waals surface area contributed by atoms with Crippen molar-refractivity contribution in [3.8, 4) is 11.1 Å². The van der Waals surface area contributed by atoms with Crippen molar-refractivity contribution in [3.05, 3.63) is 58.1 Å². The van der Waals surface area contributed by atoms with E-state index in [0.717, 1.165) is 12.1 Å². The zero-order valence-electron chi connectivity index (χ0n) is 8.93. The lowest BCUT2D eigenvalue weighted by Crippen LogP contribution is -2.04. The Balaban J connectivity index is 2.51. The molecule has 5 heteroatoms. The van der Waals surface area contributed by atoms with E-state index in [1.54, 1.807) is 18.2 Å². The lowest BCUT2D eigenvalue weighted by Gasteiger charge is -2.09. The predicted molar refractivity (Wildman–Crippen MR) is 66.9 cm³/mol. The number of hydrogen-bond acceptors (Lipinski definition) is 0. The second-order valence-corrected chi connectivity index (χ2v) is 4.61. The number of hydrogen-bond donors (Lipinski definition) is 0. The van der Waals surface area contributed by atoms with Crippen molar-refractivity contribution < 1.29 is 13.2 Å². The molecule has 2 aromatic carbocycles. The molecule has 0 aliphatic carbocycles. The molecule has 0 bridgehead atoms. The molecule has 2 rings (SSSR count). The molecule has 94 valence electrons. The van der Waals surface area contributed by atoms with E-state index in [0.29, 0.717) is 21.2 Å². The second kappa shape index (κ2) is 4.82. The highest BCUT2D eigenvalue weighted by Gasteiger charge is 2.30. The minimum atomic E-state index is -4.36. The van der Waals surface area contributed by atoms with Crippen LogP contribution in [0.4, 0.5) is 13.2 Å². The topological polar surface area (TPSA) is 0 Å². The molecule has 0 saturated heterocycles. The Morgan fingerprint density at radius 2 is 1.39 bits per heavy atom. The molecule has 0 radical (unpaired) electrons. The van der Waals surface area contributed by atoms with Crippen molar-refractivity contribution in [3.63, 3.8) is 0 Å². The quantitative estimate of drug-likeness (QED) is 0.634.